The molecule has 14 heteroatoms. The first kappa shape index (κ1) is 44.6. The van der Waals surface area contributed by atoms with Gasteiger partial charge in [0.05, 0.1) is 12.1 Å². The summed E-state index contributed by atoms with van der Waals surface area (Å²) in [6.07, 6.45) is 1.07. The summed E-state index contributed by atoms with van der Waals surface area (Å²) in [6.45, 7) is 23.7. The van der Waals surface area contributed by atoms with E-state index in [0.717, 1.165) is 5.56 Å². The van der Waals surface area contributed by atoms with Crippen LogP contribution in [-0.2, 0) is 19.2 Å². The van der Waals surface area contributed by atoms with E-state index in [1.54, 1.807) is 4.90 Å². The Morgan fingerprint density at radius 1 is 0.889 bits per heavy atom. The Balaban J connectivity index is 0.00000784. The molecule has 0 spiro atoms. The van der Waals surface area contributed by atoms with Gasteiger partial charge in [-0.2, -0.15) is 13.5 Å². The molecular formula is C40H65N7O6S. The summed E-state index contributed by atoms with van der Waals surface area (Å²) in [7, 11) is 0. The van der Waals surface area contributed by atoms with Gasteiger partial charge in [-0.05, 0) is 52.4 Å². The number of likely N-dealkylation sites (tertiary alicyclic amines) is 2. The molecule has 0 unspecified atom stereocenters. The second kappa shape index (κ2) is 16.5. The van der Waals surface area contributed by atoms with E-state index in [0.29, 0.717) is 13.0 Å². The Hall–Kier alpha value is -3.81. The van der Waals surface area contributed by atoms with Crippen molar-refractivity contribution in [1.82, 2.24) is 36.2 Å². The molecule has 0 bridgehead atoms. The molecule has 0 radical (unpaired) electrons. The number of hydrogen-bond donors (Lipinski definition) is 4. The number of fused-ring (bicyclic) bond motifs is 1. The molecule has 8 amide bonds. The van der Waals surface area contributed by atoms with Crippen LogP contribution >= 0.6 is 13.5 Å². The molecule has 4 rings (SSSR count). The molecule has 54 heavy (non-hydrogen) atoms. The Bertz CT molecular complexity index is 1550. The molecule has 13 nitrogen and oxygen atoms in total. The Morgan fingerprint density at radius 3 is 1.98 bits per heavy atom. The van der Waals surface area contributed by atoms with E-state index in [9.17, 15) is 28.8 Å². The van der Waals surface area contributed by atoms with Crippen LogP contribution in [0.15, 0.2) is 30.3 Å². The van der Waals surface area contributed by atoms with Gasteiger partial charge in [-0.15, -0.1) is 0 Å². The summed E-state index contributed by atoms with van der Waals surface area (Å²) < 4.78 is 0. The fourth-order valence-electron chi connectivity index (χ4n) is 7.81. The van der Waals surface area contributed by atoms with Gasteiger partial charge < -0.3 is 20.9 Å². The average Bonchev–Trinajstić information content (AvgIpc) is 3.34. The van der Waals surface area contributed by atoms with Crippen molar-refractivity contribution in [2.24, 2.45) is 33.5 Å². The topological polar surface area (TPSA) is 160 Å². The number of nitrogens with one attached hydrogen (secondary N) is 4. The zero-order valence-corrected chi connectivity index (χ0v) is 35.4. The highest BCUT2D eigenvalue weighted by Crippen LogP contribution is 2.65. The van der Waals surface area contributed by atoms with E-state index in [1.165, 1.54) is 9.91 Å². The first-order chi connectivity index (χ1) is 24.4. The number of nitrogens with zero attached hydrogens (tertiary/aromatic N) is 3. The summed E-state index contributed by atoms with van der Waals surface area (Å²) in [4.78, 5) is 84.7. The van der Waals surface area contributed by atoms with Gasteiger partial charge in [-0.25, -0.2) is 14.6 Å². The van der Waals surface area contributed by atoms with Gasteiger partial charge in [-0.1, -0.05) is 106 Å². The number of rotatable bonds is 10. The van der Waals surface area contributed by atoms with Gasteiger partial charge in [0.1, 0.15) is 12.1 Å². The molecule has 0 aromatic heterocycles. The second-order valence-corrected chi connectivity index (χ2v) is 18.8. The maximum Gasteiger partial charge on any atom is 0.336 e. The number of hydrogen-bond acceptors (Lipinski definition) is 6. The summed E-state index contributed by atoms with van der Waals surface area (Å²) in [5.41, 5.74) is 1.88. The van der Waals surface area contributed by atoms with E-state index in [-0.39, 0.29) is 74.5 Å². The molecule has 1 saturated carbocycles. The highest BCUT2D eigenvalue weighted by molar-refractivity contribution is 7.59. The molecule has 1 aromatic rings. The first-order valence-corrected chi connectivity index (χ1v) is 19.0. The van der Waals surface area contributed by atoms with Crippen LogP contribution in [0.4, 0.5) is 9.59 Å². The molecule has 3 aliphatic rings. The second-order valence-electron chi connectivity index (χ2n) is 18.8. The number of amides is 8. The number of carbonyl (C=O) groups is 6. The number of hydrazine groups is 1. The number of benzene rings is 1. The van der Waals surface area contributed by atoms with E-state index in [1.807, 2.05) is 99.6 Å². The van der Waals surface area contributed by atoms with Crippen LogP contribution in [0.3, 0.4) is 0 Å². The van der Waals surface area contributed by atoms with E-state index >= 15 is 0 Å². The van der Waals surface area contributed by atoms with E-state index < -0.39 is 58.2 Å². The summed E-state index contributed by atoms with van der Waals surface area (Å²) in [5, 5.41) is 10.1. The number of imide groups is 1. The lowest BCUT2D eigenvalue weighted by molar-refractivity contribution is -0.153. The smallest absolute Gasteiger partial charge is 0.333 e. The van der Waals surface area contributed by atoms with Gasteiger partial charge in [-0.3, -0.25) is 29.5 Å². The molecule has 1 aromatic carbocycles. The molecule has 1 aliphatic carbocycles. The highest BCUT2D eigenvalue weighted by Gasteiger charge is 2.70. The third kappa shape index (κ3) is 10.1. The van der Waals surface area contributed by atoms with E-state index in [4.69, 9.17) is 0 Å². The van der Waals surface area contributed by atoms with Crippen molar-refractivity contribution in [3.63, 3.8) is 0 Å². The Kier molecular flexibility index (Phi) is 13.6. The highest BCUT2D eigenvalue weighted by atomic mass is 32.1. The van der Waals surface area contributed by atoms with Crippen molar-refractivity contribution in [2.45, 2.75) is 127 Å². The average molecular weight is 772 g/mol. The zero-order valence-electron chi connectivity index (χ0n) is 34.4. The minimum atomic E-state index is -1.01. The van der Waals surface area contributed by atoms with Crippen LogP contribution in [0.5, 0.6) is 0 Å². The van der Waals surface area contributed by atoms with Crippen molar-refractivity contribution in [1.29, 1.82) is 0 Å². The van der Waals surface area contributed by atoms with Crippen LogP contribution in [-0.4, -0.2) is 88.3 Å². The third-order valence-electron chi connectivity index (χ3n) is 11.3. The zero-order chi connectivity index (χ0) is 39.8. The van der Waals surface area contributed by atoms with Crippen LogP contribution in [0.2, 0.25) is 0 Å². The minimum Gasteiger partial charge on any atom is -0.333 e. The molecule has 3 fully saturated rings. The summed E-state index contributed by atoms with van der Waals surface area (Å²) in [5.74, 6) is -1.42. The van der Waals surface area contributed by atoms with Crippen LogP contribution < -0.4 is 21.4 Å². The SMILES string of the molecule is CCCN(NC(=O)[C@@H]1[C@@H]2[C@H](CN1C(=O)[C@@H](NC(=O)N[C@H](CN1C(=O)CC(C)(C)CC1=O)C(C)(C)C)C(C)(C)C)C2(C)C)C(=O)N[C@@H](C)c1ccccc1.S. The molecule has 6 atom stereocenters. The maximum absolute atomic E-state index is 14.5. The van der Waals surface area contributed by atoms with Crippen molar-refractivity contribution < 1.29 is 28.8 Å². The molecule has 2 heterocycles. The van der Waals surface area contributed by atoms with Gasteiger partial charge in [0.2, 0.25) is 17.7 Å². The number of urea groups is 2. The lowest BCUT2D eigenvalue weighted by Crippen LogP contribution is -2.63. The van der Waals surface area contributed by atoms with E-state index in [2.05, 4.69) is 35.2 Å². The molecule has 302 valence electrons. The minimum absolute atomic E-state index is 0. The monoisotopic (exact) mass is 771 g/mol. The largest absolute Gasteiger partial charge is 0.336 e. The maximum atomic E-state index is 14.5. The Morgan fingerprint density at radius 2 is 1.46 bits per heavy atom. The van der Waals surface area contributed by atoms with Crippen molar-refractivity contribution >= 4 is 49.2 Å². The van der Waals surface area contributed by atoms with Crippen molar-refractivity contribution in [3.05, 3.63) is 35.9 Å². The molecule has 2 aliphatic heterocycles. The standard InChI is InChI=1S/C40H63N7O6.H2S/c1-13-19-47(36(53)41-24(2)25-17-15-14-16-18-25)44-33(50)31-30-26(40(30,11)12)22-46(31)34(51)32(38(6,7)8)43-35(52)42-27(37(3,4)5)23-45-28(48)20-39(9,10)21-29(45)49;/h14-18,24,26-27,30-32H,13,19-23H2,1-12H3,(H,41,53)(H,44,50)(H2,42,43,52);1H2/t24-,26-,27+,30-,31-,32+;/m0./s1. The van der Waals surface area contributed by atoms with Gasteiger partial charge >= 0.3 is 12.1 Å². The Labute approximate surface area is 328 Å². The quantitative estimate of drug-likeness (QED) is 0.191. The van der Waals surface area contributed by atoms with Crippen molar-refractivity contribution in [2.75, 3.05) is 19.6 Å². The van der Waals surface area contributed by atoms with Gasteiger partial charge in [0.15, 0.2) is 0 Å². The molecular weight excluding hydrogens is 707 g/mol. The predicted octanol–water partition coefficient (Wildman–Crippen LogP) is 5.10. The first-order valence-electron chi connectivity index (χ1n) is 19.0. The summed E-state index contributed by atoms with van der Waals surface area (Å²) in [6, 6.07) is 5.72. The predicted molar refractivity (Wildman–Crippen MR) is 213 cm³/mol. The number of carbonyl (C=O) groups excluding carboxylic acids is 6. The summed E-state index contributed by atoms with van der Waals surface area (Å²) >= 11 is 0. The van der Waals surface area contributed by atoms with Gasteiger partial charge in [0.25, 0.3) is 5.91 Å². The van der Waals surface area contributed by atoms with Crippen molar-refractivity contribution in [3.8, 4) is 0 Å². The van der Waals surface area contributed by atoms with Crippen LogP contribution in [0, 0.1) is 33.5 Å². The fourth-order valence-corrected chi connectivity index (χ4v) is 7.81. The van der Waals surface area contributed by atoms with Crippen LogP contribution in [0.1, 0.15) is 114 Å². The van der Waals surface area contributed by atoms with Gasteiger partial charge in [0, 0.05) is 32.5 Å². The fraction of sp³-hybridized carbons (Fsp3) is 0.700. The van der Waals surface area contributed by atoms with Crippen LogP contribution in [0.25, 0.3) is 0 Å². The lowest BCUT2D eigenvalue weighted by Gasteiger charge is -2.41. The third-order valence-corrected chi connectivity index (χ3v) is 11.3. The molecule has 2 saturated heterocycles. The molecule has 4 N–H and O–H groups in total. The lowest BCUT2D eigenvalue weighted by atomic mass is 9.80. The number of piperidine rings is 2. The normalized spacial score (nSPS) is 23.2.